The first-order chi connectivity index (χ1) is 16.3. The number of anilines is 1. The largest absolute Gasteiger partial charge is 0.453 e. The fraction of sp³-hybridized carbons (Fsp3) is 0.435. The molecule has 4 aromatic rings. The molecule has 1 fully saturated rings. The third-order valence-electron chi connectivity index (χ3n) is 6.77. The Hall–Kier alpha value is -3.50. The van der Waals surface area contributed by atoms with Crippen molar-refractivity contribution in [1.29, 1.82) is 0 Å². The molecule has 2 aliphatic rings. The van der Waals surface area contributed by atoms with Crippen LogP contribution in [0.25, 0.3) is 16.8 Å². The van der Waals surface area contributed by atoms with Gasteiger partial charge >= 0.3 is 6.18 Å². The van der Waals surface area contributed by atoms with Gasteiger partial charge in [-0.25, -0.2) is 0 Å². The van der Waals surface area contributed by atoms with Gasteiger partial charge in [0.15, 0.2) is 11.5 Å². The van der Waals surface area contributed by atoms with Gasteiger partial charge in [-0.3, -0.25) is 9.67 Å². The summed E-state index contributed by atoms with van der Waals surface area (Å²) in [5.74, 6) is 0.128. The average molecular weight is 468 g/mol. The summed E-state index contributed by atoms with van der Waals surface area (Å²) in [7, 11) is 0. The summed E-state index contributed by atoms with van der Waals surface area (Å²) in [6, 6.07) is 2.10. The first kappa shape index (κ1) is 21.1. The van der Waals surface area contributed by atoms with E-state index in [9.17, 15) is 13.2 Å². The molecule has 11 heteroatoms. The molecule has 0 N–H and O–H groups in total. The van der Waals surface area contributed by atoms with Gasteiger partial charge in [0.1, 0.15) is 0 Å². The first-order valence-corrected chi connectivity index (χ1v) is 11.3. The fourth-order valence-electron chi connectivity index (χ4n) is 4.53. The van der Waals surface area contributed by atoms with E-state index in [-0.39, 0.29) is 5.65 Å². The maximum atomic E-state index is 13.4. The van der Waals surface area contributed by atoms with Gasteiger partial charge in [0.25, 0.3) is 5.82 Å². The normalized spacial score (nSPS) is 16.3. The molecular formula is C23H23F3N8. The van der Waals surface area contributed by atoms with Crippen LogP contribution in [0.2, 0.25) is 0 Å². The van der Waals surface area contributed by atoms with Crippen LogP contribution >= 0.6 is 0 Å². The molecule has 0 radical (unpaired) electrons. The summed E-state index contributed by atoms with van der Waals surface area (Å²) >= 11 is 0. The van der Waals surface area contributed by atoms with Crippen LogP contribution in [0.5, 0.6) is 0 Å². The number of fused-ring (bicyclic) bond motifs is 2. The van der Waals surface area contributed by atoms with E-state index < -0.39 is 12.0 Å². The van der Waals surface area contributed by atoms with E-state index in [4.69, 9.17) is 0 Å². The molecule has 0 atom stereocenters. The molecular weight excluding hydrogens is 445 g/mol. The summed E-state index contributed by atoms with van der Waals surface area (Å²) in [5.41, 5.74) is 5.59. The number of halogens is 3. The highest BCUT2D eigenvalue weighted by molar-refractivity contribution is 5.64. The molecule has 1 aliphatic carbocycles. The predicted octanol–water partition coefficient (Wildman–Crippen LogP) is 3.99. The van der Waals surface area contributed by atoms with Crippen molar-refractivity contribution in [3.63, 3.8) is 0 Å². The quantitative estimate of drug-likeness (QED) is 0.451. The lowest BCUT2D eigenvalue weighted by Crippen LogP contribution is -2.33. The summed E-state index contributed by atoms with van der Waals surface area (Å²) in [6.45, 7) is 5.68. The van der Waals surface area contributed by atoms with E-state index in [1.165, 1.54) is 12.8 Å². The Labute approximate surface area is 193 Å². The molecule has 6 rings (SSSR count). The number of rotatable bonds is 4. The van der Waals surface area contributed by atoms with Gasteiger partial charge in [-0.05, 0) is 44.2 Å². The monoisotopic (exact) mass is 468 g/mol. The molecule has 0 aromatic carbocycles. The Morgan fingerprint density at radius 1 is 1.06 bits per heavy atom. The average Bonchev–Trinajstić information content (AvgIpc) is 3.30. The van der Waals surface area contributed by atoms with Crippen molar-refractivity contribution in [3.8, 4) is 11.1 Å². The smallest absolute Gasteiger partial charge is 0.350 e. The highest BCUT2D eigenvalue weighted by Crippen LogP contribution is 2.33. The lowest BCUT2D eigenvalue weighted by atomic mass is 10.0. The zero-order valence-corrected chi connectivity index (χ0v) is 18.8. The van der Waals surface area contributed by atoms with Crippen molar-refractivity contribution < 1.29 is 13.2 Å². The molecule has 1 saturated carbocycles. The topological polar surface area (TPSA) is 77.0 Å². The van der Waals surface area contributed by atoms with E-state index in [1.54, 1.807) is 6.92 Å². The highest BCUT2D eigenvalue weighted by atomic mass is 19.4. The van der Waals surface area contributed by atoms with Crippen molar-refractivity contribution in [3.05, 3.63) is 52.9 Å². The van der Waals surface area contributed by atoms with Crippen molar-refractivity contribution in [2.24, 2.45) is 5.92 Å². The lowest BCUT2D eigenvalue weighted by molar-refractivity contribution is -0.146. The number of aryl methyl sites for hydroxylation is 1. The summed E-state index contributed by atoms with van der Waals surface area (Å²) in [6.07, 6.45) is 4.37. The van der Waals surface area contributed by atoms with Crippen LogP contribution in [0.15, 0.2) is 24.7 Å². The maximum absolute atomic E-state index is 13.4. The Kier molecular flexibility index (Phi) is 4.65. The van der Waals surface area contributed by atoms with Gasteiger partial charge in [-0.15, -0.1) is 15.3 Å². The molecule has 0 amide bonds. The van der Waals surface area contributed by atoms with E-state index in [0.717, 1.165) is 44.9 Å². The standard InChI is InChI=1S/C23H23F3N8/c1-13-14(2)21(31-34-20(13)29-30-22(34)23(24,25)26)32-6-5-19-17(11-32)7-16(8-27-19)18-9-28-33(12-18)10-15-3-4-15/h7-9,12,15H,3-6,10-11H2,1-2H3. The van der Waals surface area contributed by atoms with Crippen molar-refractivity contribution in [1.82, 2.24) is 34.6 Å². The number of nitrogens with zero attached hydrogens (tertiary/aromatic N) is 8. The van der Waals surface area contributed by atoms with Crippen LogP contribution in [-0.2, 0) is 25.7 Å². The molecule has 5 heterocycles. The molecule has 4 aromatic heterocycles. The van der Waals surface area contributed by atoms with Gasteiger partial charge in [-0.1, -0.05) is 0 Å². The number of aromatic nitrogens is 7. The van der Waals surface area contributed by atoms with E-state index in [0.29, 0.717) is 30.9 Å². The highest BCUT2D eigenvalue weighted by Gasteiger charge is 2.38. The molecule has 0 bridgehead atoms. The zero-order valence-electron chi connectivity index (χ0n) is 18.8. The van der Waals surface area contributed by atoms with Crippen LogP contribution < -0.4 is 4.90 Å². The van der Waals surface area contributed by atoms with Crippen molar-refractivity contribution in [2.45, 2.75) is 52.4 Å². The Bertz CT molecular complexity index is 1400. The summed E-state index contributed by atoms with van der Waals surface area (Å²) < 4.78 is 43.1. The van der Waals surface area contributed by atoms with E-state index in [1.807, 2.05) is 28.9 Å². The van der Waals surface area contributed by atoms with Crippen LogP contribution in [0, 0.1) is 19.8 Å². The van der Waals surface area contributed by atoms with Gasteiger partial charge in [0.05, 0.1) is 6.20 Å². The third kappa shape index (κ3) is 3.59. The molecule has 34 heavy (non-hydrogen) atoms. The summed E-state index contributed by atoms with van der Waals surface area (Å²) in [4.78, 5) is 6.68. The maximum Gasteiger partial charge on any atom is 0.453 e. The minimum Gasteiger partial charge on any atom is -0.350 e. The van der Waals surface area contributed by atoms with Gasteiger partial charge < -0.3 is 4.90 Å². The number of hydrogen-bond acceptors (Lipinski definition) is 6. The van der Waals surface area contributed by atoms with Crippen LogP contribution in [0.4, 0.5) is 19.0 Å². The molecule has 8 nitrogen and oxygen atoms in total. The molecule has 0 saturated heterocycles. The Balaban J connectivity index is 1.33. The number of hydrogen-bond donors (Lipinski definition) is 0. The summed E-state index contributed by atoms with van der Waals surface area (Å²) in [5, 5.41) is 15.9. The Morgan fingerprint density at radius 3 is 2.65 bits per heavy atom. The SMILES string of the molecule is Cc1c(N2CCc3ncc(-c4cnn(CC5CC5)c4)cc3C2)nn2c(C(F)(F)F)nnc2c1C. The van der Waals surface area contributed by atoms with Crippen LogP contribution in [-0.4, -0.2) is 41.1 Å². The lowest BCUT2D eigenvalue weighted by Gasteiger charge is -2.30. The second kappa shape index (κ2) is 7.51. The molecule has 1 aliphatic heterocycles. The Morgan fingerprint density at radius 2 is 1.88 bits per heavy atom. The minimum atomic E-state index is -4.64. The minimum absolute atomic E-state index is 0.123. The van der Waals surface area contributed by atoms with Crippen molar-refractivity contribution in [2.75, 3.05) is 11.4 Å². The first-order valence-electron chi connectivity index (χ1n) is 11.3. The van der Waals surface area contributed by atoms with Gasteiger partial charge in [-0.2, -0.15) is 22.8 Å². The van der Waals surface area contributed by atoms with Crippen LogP contribution in [0.1, 0.15) is 41.1 Å². The molecule has 0 spiro atoms. The predicted molar refractivity (Wildman–Crippen MR) is 118 cm³/mol. The zero-order chi connectivity index (χ0) is 23.6. The molecule has 0 unspecified atom stereocenters. The van der Waals surface area contributed by atoms with Gasteiger partial charge in [0, 0.05) is 66.4 Å². The van der Waals surface area contributed by atoms with Crippen LogP contribution in [0.3, 0.4) is 0 Å². The number of alkyl halides is 3. The second-order valence-corrected chi connectivity index (χ2v) is 9.23. The second-order valence-electron chi connectivity index (χ2n) is 9.23. The van der Waals surface area contributed by atoms with E-state index in [2.05, 4.69) is 37.6 Å². The fourth-order valence-corrected chi connectivity index (χ4v) is 4.53. The van der Waals surface area contributed by atoms with E-state index >= 15 is 0 Å². The molecule has 176 valence electrons. The number of pyridine rings is 1. The third-order valence-corrected chi connectivity index (χ3v) is 6.77. The van der Waals surface area contributed by atoms with Gasteiger partial charge in [0.2, 0.25) is 0 Å². The van der Waals surface area contributed by atoms with Crippen molar-refractivity contribution >= 4 is 11.5 Å².